The van der Waals surface area contributed by atoms with Crippen LogP contribution in [0.25, 0.3) is 0 Å². The molecule has 0 fully saturated rings. The molecule has 2 aromatic rings. The Hall–Kier alpha value is -1.04. The molecule has 1 atom stereocenters. The van der Waals surface area contributed by atoms with Crippen LogP contribution in [0.3, 0.4) is 0 Å². The van der Waals surface area contributed by atoms with E-state index in [0.717, 1.165) is 32.6 Å². The lowest BCUT2D eigenvalue weighted by Crippen LogP contribution is -2.18. The van der Waals surface area contributed by atoms with Gasteiger partial charge in [-0.1, -0.05) is 28.1 Å². The predicted molar refractivity (Wildman–Crippen MR) is 89.7 cm³/mol. The van der Waals surface area contributed by atoms with Crippen molar-refractivity contribution in [2.75, 3.05) is 6.79 Å². The van der Waals surface area contributed by atoms with Crippen LogP contribution in [0.2, 0.25) is 0 Å². The lowest BCUT2D eigenvalue weighted by molar-refractivity contribution is 0.173. The van der Waals surface area contributed by atoms with E-state index in [1.54, 1.807) is 0 Å². The van der Waals surface area contributed by atoms with Crippen LogP contribution in [-0.2, 0) is 6.54 Å². The fourth-order valence-electron chi connectivity index (χ4n) is 2.29. The van der Waals surface area contributed by atoms with Gasteiger partial charge in [0.25, 0.3) is 0 Å². The number of hydrogen-bond acceptors (Lipinski definition) is 3. The highest BCUT2D eigenvalue weighted by atomic mass is 79.9. The molecule has 0 saturated heterocycles. The van der Waals surface area contributed by atoms with E-state index < -0.39 is 0 Å². The molecule has 21 heavy (non-hydrogen) atoms. The molecular weight excluding hydrogens is 398 g/mol. The Kier molecular flexibility index (Phi) is 4.52. The molecule has 110 valence electrons. The summed E-state index contributed by atoms with van der Waals surface area (Å²) >= 11 is 7.03. The van der Waals surface area contributed by atoms with Crippen LogP contribution in [0, 0.1) is 0 Å². The van der Waals surface area contributed by atoms with Crippen molar-refractivity contribution < 1.29 is 9.47 Å². The van der Waals surface area contributed by atoms with Gasteiger partial charge in [-0.3, -0.25) is 0 Å². The highest BCUT2D eigenvalue weighted by Crippen LogP contribution is 2.40. The Morgan fingerprint density at radius 1 is 1.19 bits per heavy atom. The van der Waals surface area contributed by atoms with Gasteiger partial charge in [-0.25, -0.2) is 0 Å². The Morgan fingerprint density at radius 3 is 2.86 bits per heavy atom. The zero-order valence-electron chi connectivity index (χ0n) is 11.5. The molecule has 3 rings (SSSR count). The molecule has 0 saturated carbocycles. The lowest BCUT2D eigenvalue weighted by atomic mass is 10.1. The minimum atomic E-state index is 0.270. The summed E-state index contributed by atoms with van der Waals surface area (Å²) in [5.41, 5.74) is 2.41. The monoisotopic (exact) mass is 411 g/mol. The van der Waals surface area contributed by atoms with Crippen molar-refractivity contribution in [1.29, 1.82) is 0 Å². The third-order valence-electron chi connectivity index (χ3n) is 3.45. The van der Waals surface area contributed by atoms with Crippen molar-refractivity contribution >= 4 is 31.9 Å². The number of hydrogen-bond donors (Lipinski definition) is 1. The Morgan fingerprint density at radius 2 is 2.05 bits per heavy atom. The van der Waals surface area contributed by atoms with Gasteiger partial charge in [0.2, 0.25) is 6.79 Å². The maximum Gasteiger partial charge on any atom is 0.231 e. The second-order valence-electron chi connectivity index (χ2n) is 4.97. The maximum absolute atomic E-state index is 5.44. The van der Waals surface area contributed by atoms with Crippen LogP contribution >= 0.6 is 31.9 Å². The number of fused-ring (bicyclic) bond motifs is 1. The standard InChI is InChI=1S/C16H15Br2NO2/c1-10(12-3-2-4-13(17)7-12)19-8-11-5-14(18)16-15(6-11)20-9-21-16/h2-7,10,19H,8-9H2,1H3/t10-/m1/s1. The fraction of sp³-hybridized carbons (Fsp3) is 0.250. The van der Waals surface area contributed by atoms with Gasteiger partial charge in [0, 0.05) is 17.1 Å². The molecule has 5 heteroatoms. The summed E-state index contributed by atoms with van der Waals surface area (Å²) in [7, 11) is 0. The summed E-state index contributed by atoms with van der Waals surface area (Å²) in [6.45, 7) is 3.21. The van der Waals surface area contributed by atoms with Crippen LogP contribution in [0.15, 0.2) is 45.3 Å². The van der Waals surface area contributed by atoms with Crippen LogP contribution < -0.4 is 14.8 Å². The molecule has 0 spiro atoms. The number of rotatable bonds is 4. The van der Waals surface area contributed by atoms with Gasteiger partial charge >= 0.3 is 0 Å². The van der Waals surface area contributed by atoms with Crippen LogP contribution in [0.4, 0.5) is 0 Å². The van der Waals surface area contributed by atoms with Gasteiger partial charge in [0.15, 0.2) is 11.5 Å². The maximum atomic E-state index is 5.44. The number of benzene rings is 2. The molecule has 0 aromatic heterocycles. The summed E-state index contributed by atoms with van der Waals surface area (Å²) in [6, 6.07) is 12.7. The first-order chi connectivity index (χ1) is 10.1. The average Bonchev–Trinajstić information content (AvgIpc) is 2.93. The van der Waals surface area contributed by atoms with Crippen molar-refractivity contribution in [2.45, 2.75) is 19.5 Å². The first-order valence-corrected chi connectivity index (χ1v) is 8.29. The summed E-state index contributed by atoms with van der Waals surface area (Å²) in [5.74, 6) is 1.59. The number of halogens is 2. The third-order valence-corrected chi connectivity index (χ3v) is 4.53. The topological polar surface area (TPSA) is 30.5 Å². The quantitative estimate of drug-likeness (QED) is 0.782. The largest absolute Gasteiger partial charge is 0.454 e. The summed E-state index contributed by atoms with van der Waals surface area (Å²) in [5, 5.41) is 3.52. The molecule has 0 amide bonds. The van der Waals surface area contributed by atoms with Gasteiger partial charge in [0.05, 0.1) is 4.47 Å². The van der Waals surface area contributed by atoms with E-state index in [4.69, 9.17) is 9.47 Å². The van der Waals surface area contributed by atoms with E-state index in [0.29, 0.717) is 6.79 Å². The van der Waals surface area contributed by atoms with E-state index in [-0.39, 0.29) is 6.04 Å². The molecule has 1 N–H and O–H groups in total. The van der Waals surface area contributed by atoms with Gasteiger partial charge < -0.3 is 14.8 Å². The van der Waals surface area contributed by atoms with Crippen molar-refractivity contribution in [3.8, 4) is 11.5 Å². The zero-order chi connectivity index (χ0) is 14.8. The highest BCUT2D eigenvalue weighted by Gasteiger charge is 2.18. The summed E-state index contributed by atoms with van der Waals surface area (Å²) in [6.07, 6.45) is 0. The molecule has 0 unspecified atom stereocenters. The summed E-state index contributed by atoms with van der Waals surface area (Å²) in [4.78, 5) is 0. The van der Waals surface area contributed by atoms with Crippen molar-refractivity contribution in [3.05, 3.63) is 56.5 Å². The Bertz CT molecular complexity index is 661. The van der Waals surface area contributed by atoms with Crippen molar-refractivity contribution in [3.63, 3.8) is 0 Å². The van der Waals surface area contributed by atoms with E-state index in [1.165, 1.54) is 5.56 Å². The molecule has 0 bridgehead atoms. The smallest absolute Gasteiger partial charge is 0.231 e. The van der Waals surface area contributed by atoms with E-state index in [2.05, 4.69) is 68.4 Å². The van der Waals surface area contributed by atoms with E-state index in [1.807, 2.05) is 12.1 Å². The zero-order valence-corrected chi connectivity index (χ0v) is 14.7. The molecule has 3 nitrogen and oxygen atoms in total. The third kappa shape index (κ3) is 3.42. The minimum absolute atomic E-state index is 0.270. The SMILES string of the molecule is C[C@@H](NCc1cc(Br)c2c(c1)OCO2)c1cccc(Br)c1. The average molecular weight is 413 g/mol. The molecule has 1 aliphatic rings. The lowest BCUT2D eigenvalue weighted by Gasteiger charge is -2.15. The fourth-order valence-corrected chi connectivity index (χ4v) is 3.31. The molecule has 2 aromatic carbocycles. The van der Waals surface area contributed by atoms with Crippen molar-refractivity contribution in [1.82, 2.24) is 5.32 Å². The molecule has 1 heterocycles. The molecule has 1 aliphatic heterocycles. The normalized spacial score (nSPS) is 14.2. The van der Waals surface area contributed by atoms with Gasteiger partial charge in [0.1, 0.15) is 0 Å². The van der Waals surface area contributed by atoms with Crippen molar-refractivity contribution in [2.24, 2.45) is 0 Å². The highest BCUT2D eigenvalue weighted by molar-refractivity contribution is 9.10. The molecule has 0 aliphatic carbocycles. The molecular formula is C16H15Br2NO2. The molecule has 0 radical (unpaired) electrons. The predicted octanol–water partition coefficient (Wildman–Crippen LogP) is 4.79. The van der Waals surface area contributed by atoms with Gasteiger partial charge in [-0.05, 0) is 58.2 Å². The first-order valence-electron chi connectivity index (χ1n) is 6.70. The van der Waals surface area contributed by atoms with Crippen LogP contribution in [-0.4, -0.2) is 6.79 Å². The Labute approximate surface area is 140 Å². The second kappa shape index (κ2) is 6.38. The van der Waals surface area contributed by atoms with Gasteiger partial charge in [-0.2, -0.15) is 0 Å². The van der Waals surface area contributed by atoms with E-state index in [9.17, 15) is 0 Å². The minimum Gasteiger partial charge on any atom is -0.454 e. The van der Waals surface area contributed by atoms with Crippen LogP contribution in [0.1, 0.15) is 24.1 Å². The first kappa shape index (κ1) is 14.9. The van der Waals surface area contributed by atoms with Crippen LogP contribution in [0.5, 0.6) is 11.5 Å². The second-order valence-corrected chi connectivity index (χ2v) is 6.74. The van der Waals surface area contributed by atoms with E-state index >= 15 is 0 Å². The summed E-state index contributed by atoms with van der Waals surface area (Å²) < 4.78 is 12.9. The Balaban J connectivity index is 1.69. The number of nitrogens with one attached hydrogen (secondary N) is 1. The van der Waals surface area contributed by atoms with Gasteiger partial charge in [-0.15, -0.1) is 0 Å². The number of ether oxygens (including phenoxy) is 2.